The summed E-state index contributed by atoms with van der Waals surface area (Å²) in [4.78, 5) is 27.3. The summed E-state index contributed by atoms with van der Waals surface area (Å²) >= 11 is 0. The maximum Gasteiger partial charge on any atom is 0.273 e. The molecular weight excluding hydrogens is 362 g/mol. The quantitative estimate of drug-likeness (QED) is 0.533. The number of pyridine rings is 1. The normalized spacial score (nSPS) is 10.9. The molecule has 4 rings (SSSR count). The van der Waals surface area contributed by atoms with E-state index in [9.17, 15) is 9.59 Å². The number of H-pyrrole nitrogens is 1. The van der Waals surface area contributed by atoms with Crippen LogP contribution < -0.4 is 15.6 Å². The molecule has 0 aliphatic carbocycles. The lowest BCUT2D eigenvalue weighted by atomic mass is 10.1. The summed E-state index contributed by atoms with van der Waals surface area (Å²) in [6, 6.07) is 12.2. The zero-order chi connectivity index (χ0) is 19.5. The first-order valence-electron chi connectivity index (χ1n) is 8.63. The van der Waals surface area contributed by atoms with Crippen molar-refractivity contribution < 1.29 is 18.5 Å². The van der Waals surface area contributed by atoms with Crippen molar-refractivity contribution in [1.82, 2.24) is 15.5 Å². The number of ether oxygens (including phenoxy) is 1. The third-order valence-corrected chi connectivity index (χ3v) is 4.32. The molecule has 1 amide bonds. The molecule has 0 saturated heterocycles. The van der Waals surface area contributed by atoms with Crippen LogP contribution in [0.3, 0.4) is 0 Å². The highest BCUT2D eigenvalue weighted by Gasteiger charge is 2.15. The summed E-state index contributed by atoms with van der Waals surface area (Å²) < 4.78 is 15.5. The first-order valence-corrected chi connectivity index (χ1v) is 8.63. The van der Waals surface area contributed by atoms with Crippen molar-refractivity contribution in [3.05, 3.63) is 70.3 Å². The predicted octanol–water partition coefficient (Wildman–Crippen LogP) is 2.76. The molecule has 4 aromatic rings. The number of benzene rings is 1. The molecule has 2 N–H and O–H groups in total. The highest BCUT2D eigenvalue weighted by Crippen LogP contribution is 2.20. The average Bonchev–Trinajstić information content (AvgIpc) is 3.39. The van der Waals surface area contributed by atoms with Gasteiger partial charge in [-0.05, 0) is 42.1 Å². The summed E-state index contributed by atoms with van der Waals surface area (Å²) in [5.41, 5.74) is 1.22. The Morgan fingerprint density at radius 2 is 2.11 bits per heavy atom. The largest absolute Gasteiger partial charge is 0.497 e. The van der Waals surface area contributed by atoms with Crippen molar-refractivity contribution in [3.8, 4) is 17.3 Å². The van der Waals surface area contributed by atoms with E-state index in [1.807, 2.05) is 18.2 Å². The number of methoxy groups -OCH3 is 1. The molecule has 3 heterocycles. The summed E-state index contributed by atoms with van der Waals surface area (Å²) in [6.07, 6.45) is 1.89. The van der Waals surface area contributed by atoms with Crippen molar-refractivity contribution in [2.75, 3.05) is 13.7 Å². The minimum atomic E-state index is -0.386. The molecule has 0 saturated carbocycles. The molecule has 0 atom stereocenters. The summed E-state index contributed by atoms with van der Waals surface area (Å²) in [6.45, 7) is 0.284. The topological polar surface area (TPSA) is 110 Å². The lowest BCUT2D eigenvalue weighted by molar-refractivity contribution is 0.0945. The van der Waals surface area contributed by atoms with Gasteiger partial charge in [0, 0.05) is 24.2 Å². The highest BCUT2D eigenvalue weighted by atomic mass is 16.5. The second-order valence-corrected chi connectivity index (χ2v) is 6.14. The Morgan fingerprint density at radius 3 is 2.89 bits per heavy atom. The van der Waals surface area contributed by atoms with E-state index in [4.69, 9.17) is 13.7 Å². The van der Waals surface area contributed by atoms with E-state index >= 15 is 0 Å². The minimum absolute atomic E-state index is 0.144. The van der Waals surface area contributed by atoms with Gasteiger partial charge < -0.3 is 24.0 Å². The average molecular weight is 379 g/mol. The van der Waals surface area contributed by atoms with Crippen LogP contribution in [0.5, 0.6) is 5.75 Å². The van der Waals surface area contributed by atoms with Gasteiger partial charge in [-0.1, -0.05) is 5.16 Å². The Morgan fingerprint density at radius 1 is 1.21 bits per heavy atom. The monoisotopic (exact) mass is 379 g/mol. The van der Waals surface area contributed by atoms with Gasteiger partial charge >= 0.3 is 0 Å². The first kappa shape index (κ1) is 17.6. The van der Waals surface area contributed by atoms with Crippen LogP contribution in [0.4, 0.5) is 0 Å². The fraction of sp³-hybridized carbons (Fsp3) is 0.150. The highest BCUT2D eigenvalue weighted by molar-refractivity contribution is 5.92. The molecule has 0 spiro atoms. The number of carbonyl (C=O) groups is 1. The van der Waals surface area contributed by atoms with Crippen LogP contribution in [-0.4, -0.2) is 29.7 Å². The Hall–Kier alpha value is -3.81. The van der Waals surface area contributed by atoms with Crippen molar-refractivity contribution in [2.45, 2.75) is 6.42 Å². The lowest BCUT2D eigenvalue weighted by Gasteiger charge is -2.06. The predicted molar refractivity (Wildman–Crippen MR) is 101 cm³/mol. The first-order chi connectivity index (χ1) is 13.6. The van der Waals surface area contributed by atoms with Crippen molar-refractivity contribution in [1.29, 1.82) is 0 Å². The molecule has 28 heavy (non-hydrogen) atoms. The number of furan rings is 1. The fourth-order valence-electron chi connectivity index (χ4n) is 2.86. The van der Waals surface area contributed by atoms with Crippen LogP contribution in [0.15, 0.2) is 62.5 Å². The van der Waals surface area contributed by atoms with Gasteiger partial charge in [0.15, 0.2) is 11.5 Å². The maximum atomic E-state index is 12.3. The zero-order valence-corrected chi connectivity index (χ0v) is 15.0. The summed E-state index contributed by atoms with van der Waals surface area (Å²) in [5.74, 6) is 1.15. The number of hydrogen-bond acceptors (Lipinski definition) is 6. The van der Waals surface area contributed by atoms with E-state index in [1.54, 1.807) is 25.3 Å². The van der Waals surface area contributed by atoms with Crippen molar-refractivity contribution >= 4 is 16.8 Å². The second kappa shape index (κ2) is 7.43. The van der Waals surface area contributed by atoms with E-state index in [-0.39, 0.29) is 23.7 Å². The fourth-order valence-corrected chi connectivity index (χ4v) is 2.86. The number of fused-ring (bicyclic) bond motifs is 1. The van der Waals surface area contributed by atoms with E-state index < -0.39 is 0 Å². The zero-order valence-electron chi connectivity index (χ0n) is 15.0. The molecular formula is C20H17N3O5. The number of aromatic amines is 1. The smallest absolute Gasteiger partial charge is 0.273 e. The molecule has 3 aromatic heterocycles. The lowest BCUT2D eigenvalue weighted by Crippen LogP contribution is -2.27. The number of rotatable bonds is 6. The SMILES string of the molecule is COc1ccc2cc(CCNC(=O)c3cc(-c4ccco4)on3)c(=O)[nH]c2c1. The van der Waals surface area contributed by atoms with Gasteiger partial charge in [0.05, 0.1) is 18.9 Å². The van der Waals surface area contributed by atoms with Crippen molar-refractivity contribution in [2.24, 2.45) is 0 Å². The van der Waals surface area contributed by atoms with Gasteiger partial charge in [0.2, 0.25) is 5.76 Å². The molecule has 8 heteroatoms. The van der Waals surface area contributed by atoms with Crippen LogP contribution in [0.25, 0.3) is 22.4 Å². The van der Waals surface area contributed by atoms with E-state index in [0.717, 1.165) is 5.39 Å². The third-order valence-electron chi connectivity index (χ3n) is 4.32. The number of carbonyl (C=O) groups excluding carboxylic acids is 1. The molecule has 0 unspecified atom stereocenters. The van der Waals surface area contributed by atoms with Crippen LogP contribution in [0, 0.1) is 0 Å². The molecule has 0 aliphatic rings. The number of nitrogens with zero attached hydrogens (tertiary/aromatic N) is 1. The van der Waals surface area contributed by atoms with E-state index in [2.05, 4.69) is 15.5 Å². The van der Waals surface area contributed by atoms with Gasteiger partial charge in [-0.15, -0.1) is 0 Å². The van der Waals surface area contributed by atoms with Gasteiger partial charge in [0.1, 0.15) is 5.75 Å². The number of aromatic nitrogens is 2. The van der Waals surface area contributed by atoms with Crippen LogP contribution in [0.1, 0.15) is 16.1 Å². The number of nitrogens with one attached hydrogen (secondary N) is 2. The van der Waals surface area contributed by atoms with Crippen LogP contribution in [0.2, 0.25) is 0 Å². The summed E-state index contributed by atoms with van der Waals surface area (Å²) in [5, 5.41) is 7.37. The third kappa shape index (κ3) is 3.52. The molecule has 8 nitrogen and oxygen atoms in total. The van der Waals surface area contributed by atoms with Gasteiger partial charge in [-0.3, -0.25) is 9.59 Å². The second-order valence-electron chi connectivity index (χ2n) is 6.14. The summed E-state index contributed by atoms with van der Waals surface area (Å²) in [7, 11) is 1.57. The maximum absolute atomic E-state index is 12.3. The number of amides is 1. The van der Waals surface area contributed by atoms with Gasteiger partial charge in [-0.2, -0.15) is 0 Å². The van der Waals surface area contributed by atoms with Crippen molar-refractivity contribution in [3.63, 3.8) is 0 Å². The Kier molecular flexibility index (Phi) is 4.67. The Labute approximate surface area is 159 Å². The Bertz CT molecular complexity index is 1170. The van der Waals surface area contributed by atoms with E-state index in [1.165, 1.54) is 12.3 Å². The standard InChI is InChI=1S/C20H17N3O5/c1-26-14-5-4-12-9-13(19(24)22-15(12)10-14)6-7-21-20(25)16-11-18(28-23-16)17-3-2-8-27-17/h2-5,8-11H,6-7H2,1H3,(H,21,25)(H,22,24). The molecule has 142 valence electrons. The molecule has 0 aliphatic heterocycles. The Balaban J connectivity index is 1.41. The molecule has 1 aromatic carbocycles. The van der Waals surface area contributed by atoms with Crippen LogP contribution in [-0.2, 0) is 6.42 Å². The minimum Gasteiger partial charge on any atom is -0.497 e. The van der Waals surface area contributed by atoms with Gasteiger partial charge in [0.25, 0.3) is 11.5 Å². The van der Waals surface area contributed by atoms with Gasteiger partial charge in [-0.25, -0.2) is 0 Å². The molecule has 0 bridgehead atoms. The van der Waals surface area contributed by atoms with Crippen LogP contribution >= 0.6 is 0 Å². The van der Waals surface area contributed by atoms with E-state index in [0.29, 0.717) is 34.8 Å². The number of hydrogen-bond donors (Lipinski definition) is 2. The molecule has 0 fully saturated rings. The molecule has 0 radical (unpaired) electrons.